The molecule has 2 aromatic heterocycles. The van der Waals surface area contributed by atoms with Crippen LogP contribution < -0.4 is 26.2 Å². The Kier molecular flexibility index (Phi) is 15.0. The van der Waals surface area contributed by atoms with Crippen LogP contribution in [0.1, 0.15) is 87.4 Å². The molecule has 0 saturated carbocycles. The van der Waals surface area contributed by atoms with E-state index >= 15 is 0 Å². The van der Waals surface area contributed by atoms with Crippen LogP contribution >= 0.6 is 0 Å². The summed E-state index contributed by atoms with van der Waals surface area (Å²) in [6.45, 7) is 9.80. The molecule has 2 aliphatic heterocycles. The molecule has 354 valence electrons. The number of fused-ring (bicyclic) bond motifs is 2. The summed E-state index contributed by atoms with van der Waals surface area (Å²) in [5, 5.41) is 19.5. The number of rotatable bonds is 21. The van der Waals surface area contributed by atoms with Gasteiger partial charge in [0.25, 0.3) is 23.3 Å². The number of pyridine rings is 1. The Hall–Kier alpha value is -6.73. The smallest absolute Gasteiger partial charge is 0.267 e. The van der Waals surface area contributed by atoms with E-state index in [2.05, 4.69) is 20.9 Å². The monoisotopic (exact) mass is 922 g/mol. The maximum atomic E-state index is 14.1. The lowest BCUT2D eigenvalue weighted by Crippen LogP contribution is -2.54. The number of nitrogens with one attached hydrogen (secondary N) is 4. The molecule has 67 heavy (non-hydrogen) atoms. The van der Waals surface area contributed by atoms with Crippen molar-refractivity contribution in [3.8, 4) is 22.6 Å². The Bertz CT molecular complexity index is 2750. The van der Waals surface area contributed by atoms with Gasteiger partial charge < -0.3 is 44.2 Å². The summed E-state index contributed by atoms with van der Waals surface area (Å²) in [5.41, 5.74) is 2.87. The minimum absolute atomic E-state index is 0.0492. The molecule has 1 fully saturated rings. The summed E-state index contributed by atoms with van der Waals surface area (Å²) in [6.07, 6.45) is 2.92. The van der Waals surface area contributed by atoms with E-state index in [1.165, 1.54) is 22.8 Å². The number of aliphatic hydroxyl groups is 1. The number of hydrogen-bond acceptors (Lipinski definition) is 12. The maximum Gasteiger partial charge on any atom is 0.267 e. The van der Waals surface area contributed by atoms with Gasteiger partial charge in [0, 0.05) is 62.8 Å². The third-order valence-corrected chi connectivity index (χ3v) is 11.6. The van der Waals surface area contributed by atoms with E-state index < -0.39 is 41.2 Å². The molecule has 2 aliphatic rings. The number of halogens is 1. The zero-order valence-electron chi connectivity index (χ0n) is 38.1. The van der Waals surface area contributed by atoms with E-state index in [1.807, 2.05) is 0 Å². The number of aromatic nitrogens is 2. The van der Waals surface area contributed by atoms with Crippen molar-refractivity contribution < 1.29 is 52.4 Å². The SMILES string of the molecule is Cc1cc(F)cc(C)c1Oc1ccc(C(C)(C)O)cc1-c1cn(C)c(=O)c2cc(C(=O)NCCCOCCOCCOCCCNc3cccc4c3C(=O)N(C3CCC(=O)NC3=O)C4=O)[nH]c12. The fourth-order valence-electron chi connectivity index (χ4n) is 8.12. The fourth-order valence-corrected chi connectivity index (χ4v) is 8.12. The van der Waals surface area contributed by atoms with Crippen molar-refractivity contribution in [2.45, 2.75) is 65.0 Å². The van der Waals surface area contributed by atoms with Gasteiger partial charge in [0.2, 0.25) is 11.8 Å². The largest absolute Gasteiger partial charge is 0.456 e. The van der Waals surface area contributed by atoms with E-state index in [0.717, 1.165) is 4.90 Å². The van der Waals surface area contributed by atoms with Crippen molar-refractivity contribution in [1.82, 2.24) is 25.1 Å². The highest BCUT2D eigenvalue weighted by Crippen LogP contribution is 2.41. The molecule has 5 aromatic rings. The molecule has 5 amide bonds. The molecule has 1 atom stereocenters. The Morgan fingerprint density at radius 1 is 0.851 bits per heavy atom. The van der Waals surface area contributed by atoms with Gasteiger partial charge in [-0.1, -0.05) is 12.1 Å². The molecule has 18 heteroatoms. The quantitative estimate of drug-likeness (QED) is 0.0463. The van der Waals surface area contributed by atoms with Crippen LogP contribution in [0.4, 0.5) is 10.1 Å². The lowest BCUT2D eigenvalue weighted by atomic mass is 9.93. The first-order valence-electron chi connectivity index (χ1n) is 22.2. The van der Waals surface area contributed by atoms with Gasteiger partial charge in [0.05, 0.1) is 54.1 Å². The van der Waals surface area contributed by atoms with E-state index in [4.69, 9.17) is 18.9 Å². The number of hydrogen-bond donors (Lipinski definition) is 5. The maximum absolute atomic E-state index is 14.1. The number of aryl methyl sites for hydroxylation is 3. The van der Waals surface area contributed by atoms with Crippen molar-refractivity contribution in [1.29, 1.82) is 0 Å². The summed E-state index contributed by atoms with van der Waals surface area (Å²) in [7, 11) is 1.62. The van der Waals surface area contributed by atoms with E-state index in [9.17, 15) is 38.3 Å². The van der Waals surface area contributed by atoms with E-state index in [0.29, 0.717) is 116 Å². The summed E-state index contributed by atoms with van der Waals surface area (Å²) < 4.78 is 38.9. The van der Waals surface area contributed by atoms with Gasteiger partial charge in [-0.05, 0) is 106 Å². The lowest BCUT2D eigenvalue weighted by molar-refractivity contribution is -0.136. The number of amides is 5. The normalized spacial score (nSPS) is 15.0. The number of imide groups is 2. The Balaban J connectivity index is 0.819. The number of carbonyl (C=O) groups excluding carboxylic acids is 5. The van der Waals surface area contributed by atoms with Crippen LogP contribution in [0.15, 0.2) is 65.6 Å². The van der Waals surface area contributed by atoms with Gasteiger partial charge in [-0.25, -0.2) is 4.39 Å². The Morgan fingerprint density at radius 2 is 1.52 bits per heavy atom. The van der Waals surface area contributed by atoms with Crippen LogP contribution in [-0.2, 0) is 36.4 Å². The second-order valence-corrected chi connectivity index (χ2v) is 17.1. The Morgan fingerprint density at radius 3 is 2.19 bits per heavy atom. The predicted molar refractivity (Wildman–Crippen MR) is 246 cm³/mol. The minimum atomic E-state index is -1.21. The minimum Gasteiger partial charge on any atom is -0.456 e. The van der Waals surface area contributed by atoms with Gasteiger partial charge >= 0.3 is 0 Å². The van der Waals surface area contributed by atoms with Gasteiger partial charge in [-0.2, -0.15) is 0 Å². The highest BCUT2D eigenvalue weighted by molar-refractivity contribution is 6.25. The third-order valence-electron chi connectivity index (χ3n) is 11.6. The van der Waals surface area contributed by atoms with Crippen molar-refractivity contribution in [2.75, 3.05) is 58.0 Å². The fraction of sp³-hybridized carbons (Fsp3) is 0.388. The van der Waals surface area contributed by atoms with Gasteiger partial charge in [0.1, 0.15) is 29.1 Å². The highest BCUT2D eigenvalue weighted by Gasteiger charge is 2.45. The molecule has 1 saturated heterocycles. The van der Waals surface area contributed by atoms with Gasteiger partial charge in [-0.15, -0.1) is 0 Å². The summed E-state index contributed by atoms with van der Waals surface area (Å²) in [5.74, 6) is -2.12. The number of benzene rings is 3. The first kappa shape index (κ1) is 48.2. The molecule has 0 aliphatic carbocycles. The molecule has 4 heterocycles. The molecule has 0 radical (unpaired) electrons. The van der Waals surface area contributed by atoms with Crippen molar-refractivity contribution in [3.63, 3.8) is 0 Å². The number of carbonyl (C=O) groups is 5. The average molecular weight is 923 g/mol. The number of H-pyrrole nitrogens is 1. The number of nitrogens with zero attached hydrogens (tertiary/aromatic N) is 2. The van der Waals surface area contributed by atoms with E-state index in [-0.39, 0.29) is 46.4 Å². The van der Waals surface area contributed by atoms with Crippen LogP contribution in [-0.4, -0.2) is 108 Å². The summed E-state index contributed by atoms with van der Waals surface area (Å²) in [4.78, 5) is 81.0. The van der Waals surface area contributed by atoms with Crippen LogP contribution in [0.2, 0.25) is 0 Å². The number of aromatic amines is 1. The van der Waals surface area contributed by atoms with Crippen molar-refractivity contribution in [3.05, 3.63) is 110 Å². The first-order chi connectivity index (χ1) is 32.0. The zero-order valence-corrected chi connectivity index (χ0v) is 38.1. The molecule has 5 N–H and O–H groups in total. The molecule has 0 bridgehead atoms. The molecule has 1 unspecified atom stereocenters. The second-order valence-electron chi connectivity index (χ2n) is 17.1. The van der Waals surface area contributed by atoms with Crippen LogP contribution in [0.25, 0.3) is 22.0 Å². The molecule has 3 aromatic carbocycles. The predicted octanol–water partition coefficient (Wildman–Crippen LogP) is 5.38. The summed E-state index contributed by atoms with van der Waals surface area (Å²) >= 11 is 0. The lowest BCUT2D eigenvalue weighted by Gasteiger charge is -2.27. The number of anilines is 1. The van der Waals surface area contributed by atoms with Crippen LogP contribution in [0.5, 0.6) is 11.5 Å². The molecule has 7 rings (SSSR count). The molecule has 17 nitrogen and oxygen atoms in total. The highest BCUT2D eigenvalue weighted by atomic mass is 19.1. The first-order valence-corrected chi connectivity index (χ1v) is 22.2. The topological polar surface area (TPSA) is 220 Å². The zero-order chi connectivity index (χ0) is 48.0. The molecular weight excluding hydrogens is 868 g/mol. The van der Waals surface area contributed by atoms with Crippen molar-refractivity contribution >= 4 is 46.1 Å². The second kappa shape index (κ2) is 20.8. The summed E-state index contributed by atoms with van der Waals surface area (Å²) in [6, 6.07) is 13.4. The average Bonchev–Trinajstić information content (AvgIpc) is 3.84. The number of ether oxygens (including phenoxy) is 4. The van der Waals surface area contributed by atoms with Crippen LogP contribution in [0, 0.1) is 19.7 Å². The standard InChI is InChI=1S/C49H55FN6O11/c1-28-23-31(50)24-29(2)43(28)67-39-13-11-30(49(3,4)63)25-33(39)35-27-55(5)46(60)34-26-37(53-42(34)35)44(58)52-16-8-18-65-20-22-66-21-19-64-17-7-15-51-36-10-6-9-32-41(36)48(62)56(47(32)61)38-12-14-40(57)54-45(38)59/h6,9-11,13,23-27,38,51,53,63H,7-8,12,14-22H2,1-5H3,(H,52,58)(H,54,57,59). The van der Waals surface area contributed by atoms with Gasteiger partial charge in [-0.3, -0.25) is 39.0 Å². The number of piperidine rings is 1. The molecular formula is C49H55FN6O11. The third kappa shape index (κ3) is 10.9. The van der Waals surface area contributed by atoms with Crippen LogP contribution in [0.3, 0.4) is 0 Å². The van der Waals surface area contributed by atoms with Gasteiger partial charge in [0.15, 0.2) is 0 Å². The van der Waals surface area contributed by atoms with Crippen molar-refractivity contribution in [2.24, 2.45) is 7.05 Å². The molecule has 0 spiro atoms. The van der Waals surface area contributed by atoms with E-state index in [1.54, 1.807) is 77.3 Å². The Labute approximate surface area is 385 Å².